The van der Waals surface area contributed by atoms with Crippen LogP contribution in [-0.4, -0.2) is 48.0 Å². The molecule has 0 bridgehead atoms. The minimum absolute atomic E-state index is 0.0149. The van der Waals surface area contributed by atoms with E-state index in [0.717, 1.165) is 0 Å². The molecule has 0 aliphatic carbocycles. The number of hydrogen-bond donors (Lipinski definition) is 4. The molecule has 11 nitrogen and oxygen atoms in total. The summed E-state index contributed by atoms with van der Waals surface area (Å²) in [6.45, 7) is 15.2. The van der Waals surface area contributed by atoms with E-state index >= 15 is 0 Å². The lowest BCUT2D eigenvalue weighted by Gasteiger charge is -2.25. The van der Waals surface area contributed by atoms with E-state index in [1.807, 2.05) is 34.6 Å². The van der Waals surface area contributed by atoms with E-state index in [9.17, 15) is 24.0 Å². The van der Waals surface area contributed by atoms with Gasteiger partial charge in [-0.1, -0.05) is 46.8 Å². The predicted octanol–water partition coefficient (Wildman–Crippen LogP) is 4.92. The monoisotopic (exact) mass is 590 g/mol. The number of anilines is 1. The SMILES string of the molecule is CC(C)C[C@H](NC(=O)OCc1ccc(NC(=O)[C@H](CCCNC(N)=O)CC(=O)[C@@H](C)C(C)C)cc1)C(=O)OC(C)(C)C. The number of rotatable bonds is 16. The van der Waals surface area contributed by atoms with Crippen LogP contribution in [0.2, 0.25) is 0 Å². The van der Waals surface area contributed by atoms with E-state index < -0.39 is 35.7 Å². The van der Waals surface area contributed by atoms with Gasteiger partial charge in [0.15, 0.2) is 0 Å². The van der Waals surface area contributed by atoms with Gasteiger partial charge in [-0.2, -0.15) is 0 Å². The van der Waals surface area contributed by atoms with Crippen LogP contribution in [0, 0.1) is 23.7 Å². The van der Waals surface area contributed by atoms with Gasteiger partial charge < -0.3 is 31.2 Å². The number of esters is 1. The van der Waals surface area contributed by atoms with Crippen LogP contribution < -0.4 is 21.7 Å². The van der Waals surface area contributed by atoms with Gasteiger partial charge in [0.05, 0.1) is 0 Å². The molecule has 0 aromatic heterocycles. The van der Waals surface area contributed by atoms with Gasteiger partial charge in [-0.15, -0.1) is 0 Å². The maximum Gasteiger partial charge on any atom is 0.408 e. The van der Waals surface area contributed by atoms with Crippen molar-refractivity contribution in [1.29, 1.82) is 0 Å². The number of nitrogens with one attached hydrogen (secondary N) is 3. The Morgan fingerprint density at radius 1 is 0.952 bits per heavy atom. The molecule has 0 heterocycles. The molecular formula is C31H50N4O7. The number of Topliss-reactive ketones (excluding diaryl/α,β-unsaturated/α-hetero) is 1. The molecule has 0 fully saturated rings. The van der Waals surface area contributed by atoms with Crippen LogP contribution in [0.1, 0.15) is 86.6 Å². The first-order valence-corrected chi connectivity index (χ1v) is 14.6. The minimum atomic E-state index is -0.829. The van der Waals surface area contributed by atoms with E-state index in [2.05, 4.69) is 16.0 Å². The number of benzene rings is 1. The highest BCUT2D eigenvalue weighted by Gasteiger charge is 2.28. The molecule has 0 radical (unpaired) electrons. The summed E-state index contributed by atoms with van der Waals surface area (Å²) in [5, 5.41) is 7.96. The average molecular weight is 591 g/mol. The summed E-state index contributed by atoms with van der Waals surface area (Å²) in [4.78, 5) is 61.8. The summed E-state index contributed by atoms with van der Waals surface area (Å²) >= 11 is 0. The summed E-state index contributed by atoms with van der Waals surface area (Å²) in [5.74, 6) is -1.23. The fourth-order valence-electron chi connectivity index (χ4n) is 4.01. The quantitative estimate of drug-likeness (QED) is 0.157. The summed E-state index contributed by atoms with van der Waals surface area (Å²) in [7, 11) is 0. The minimum Gasteiger partial charge on any atom is -0.458 e. The third-order valence-electron chi connectivity index (χ3n) is 6.64. The number of nitrogens with two attached hydrogens (primary N) is 1. The third kappa shape index (κ3) is 14.8. The number of alkyl carbamates (subject to hydrolysis) is 1. The molecule has 5 N–H and O–H groups in total. The van der Waals surface area contributed by atoms with Crippen LogP contribution in [0.5, 0.6) is 0 Å². The second kappa shape index (κ2) is 17.4. The molecule has 4 amide bonds. The maximum atomic E-state index is 13.1. The van der Waals surface area contributed by atoms with Crippen molar-refractivity contribution in [1.82, 2.24) is 10.6 Å². The van der Waals surface area contributed by atoms with E-state index in [0.29, 0.717) is 37.1 Å². The van der Waals surface area contributed by atoms with Gasteiger partial charge in [-0.25, -0.2) is 14.4 Å². The Hall–Kier alpha value is -3.63. The predicted molar refractivity (Wildman–Crippen MR) is 161 cm³/mol. The molecule has 0 saturated carbocycles. The first-order valence-electron chi connectivity index (χ1n) is 14.6. The van der Waals surface area contributed by atoms with E-state index in [-0.39, 0.29) is 42.5 Å². The lowest BCUT2D eigenvalue weighted by Crippen LogP contribution is -2.45. The fraction of sp³-hybridized carbons (Fsp3) is 0.645. The summed E-state index contributed by atoms with van der Waals surface area (Å²) in [6, 6.07) is 5.31. The number of carbonyl (C=O) groups is 5. The number of hydrogen-bond acceptors (Lipinski definition) is 7. The standard InChI is InChI=1S/C31H50N4O7/c1-19(2)16-25(28(38)42-31(6,7)8)35-30(40)41-18-22-11-13-24(14-12-22)34-27(37)23(10-9-15-33-29(32)39)17-26(36)21(5)20(3)4/h11-14,19-21,23,25H,9-10,15-18H2,1-8H3,(H,34,37)(H,35,40)(H3,32,33,39)/t21-,23+,25-/m0/s1. The van der Waals surface area contributed by atoms with Crippen molar-refractivity contribution in [2.24, 2.45) is 29.4 Å². The zero-order valence-electron chi connectivity index (χ0n) is 26.4. The molecular weight excluding hydrogens is 540 g/mol. The zero-order chi connectivity index (χ0) is 32.0. The first kappa shape index (κ1) is 36.4. The number of ketones is 1. The topological polar surface area (TPSA) is 166 Å². The van der Waals surface area contributed by atoms with Crippen LogP contribution in [0.25, 0.3) is 0 Å². The Bertz CT molecular complexity index is 1050. The van der Waals surface area contributed by atoms with Crippen molar-refractivity contribution in [2.75, 3.05) is 11.9 Å². The van der Waals surface area contributed by atoms with E-state index in [1.165, 1.54) is 0 Å². The molecule has 3 atom stereocenters. The highest BCUT2D eigenvalue weighted by molar-refractivity contribution is 5.95. The van der Waals surface area contributed by atoms with Crippen LogP contribution in [0.15, 0.2) is 24.3 Å². The number of primary amides is 1. The Kier molecular flexibility index (Phi) is 15.0. The number of amides is 4. The average Bonchev–Trinajstić information content (AvgIpc) is 2.87. The molecule has 42 heavy (non-hydrogen) atoms. The van der Waals surface area contributed by atoms with Gasteiger partial charge in [-0.05, 0) is 69.6 Å². The van der Waals surface area contributed by atoms with Gasteiger partial charge >= 0.3 is 18.1 Å². The highest BCUT2D eigenvalue weighted by Crippen LogP contribution is 2.21. The molecule has 0 unspecified atom stereocenters. The summed E-state index contributed by atoms with van der Waals surface area (Å²) < 4.78 is 10.7. The molecule has 11 heteroatoms. The third-order valence-corrected chi connectivity index (χ3v) is 6.64. The molecule has 0 spiro atoms. The molecule has 1 rings (SSSR count). The Labute approximate surface area is 250 Å². The van der Waals surface area contributed by atoms with Gasteiger partial charge in [0.1, 0.15) is 24.0 Å². The molecule has 0 saturated heterocycles. The van der Waals surface area contributed by atoms with Crippen molar-refractivity contribution >= 4 is 35.5 Å². The molecule has 236 valence electrons. The van der Waals surface area contributed by atoms with Crippen molar-refractivity contribution in [3.63, 3.8) is 0 Å². The zero-order valence-corrected chi connectivity index (χ0v) is 26.4. The van der Waals surface area contributed by atoms with Crippen molar-refractivity contribution in [3.05, 3.63) is 29.8 Å². The summed E-state index contributed by atoms with van der Waals surface area (Å²) in [6.07, 6.45) is 0.671. The molecule has 0 aliphatic rings. The van der Waals surface area contributed by atoms with Gasteiger partial charge in [0, 0.05) is 30.5 Å². The Morgan fingerprint density at radius 3 is 2.10 bits per heavy atom. The van der Waals surface area contributed by atoms with Crippen LogP contribution in [-0.2, 0) is 30.5 Å². The van der Waals surface area contributed by atoms with Crippen LogP contribution in [0.3, 0.4) is 0 Å². The lowest BCUT2D eigenvalue weighted by molar-refractivity contribution is -0.157. The number of carbonyl (C=O) groups excluding carboxylic acids is 5. The van der Waals surface area contributed by atoms with E-state index in [1.54, 1.807) is 45.0 Å². The van der Waals surface area contributed by atoms with Crippen molar-refractivity contribution in [2.45, 2.75) is 99.3 Å². The van der Waals surface area contributed by atoms with Crippen LogP contribution in [0.4, 0.5) is 15.3 Å². The second-order valence-electron chi connectivity index (χ2n) is 12.5. The lowest BCUT2D eigenvalue weighted by atomic mass is 9.86. The van der Waals surface area contributed by atoms with Gasteiger partial charge in [0.2, 0.25) is 5.91 Å². The summed E-state index contributed by atoms with van der Waals surface area (Å²) in [5.41, 5.74) is 5.64. The van der Waals surface area contributed by atoms with Crippen molar-refractivity contribution < 1.29 is 33.4 Å². The fourth-order valence-corrected chi connectivity index (χ4v) is 4.01. The highest BCUT2D eigenvalue weighted by atomic mass is 16.6. The Morgan fingerprint density at radius 2 is 1.57 bits per heavy atom. The first-order chi connectivity index (χ1) is 19.5. The molecule has 1 aromatic carbocycles. The van der Waals surface area contributed by atoms with E-state index in [4.69, 9.17) is 15.2 Å². The number of ether oxygens (including phenoxy) is 2. The molecule has 0 aliphatic heterocycles. The maximum absolute atomic E-state index is 13.1. The smallest absolute Gasteiger partial charge is 0.408 e. The second-order valence-corrected chi connectivity index (χ2v) is 12.5. The normalized spacial score (nSPS) is 13.6. The van der Waals surface area contributed by atoms with Crippen LogP contribution >= 0.6 is 0 Å². The van der Waals surface area contributed by atoms with Gasteiger partial charge in [-0.3, -0.25) is 9.59 Å². The Balaban J connectivity index is 2.77. The van der Waals surface area contributed by atoms with Crippen molar-refractivity contribution in [3.8, 4) is 0 Å². The largest absolute Gasteiger partial charge is 0.458 e. The molecule has 1 aromatic rings. The van der Waals surface area contributed by atoms with Gasteiger partial charge in [0.25, 0.3) is 0 Å². The number of urea groups is 1.